The lowest BCUT2D eigenvalue weighted by Gasteiger charge is -1.90. The molecule has 0 heterocycles. The van der Waals surface area contributed by atoms with E-state index < -0.39 is 0 Å². The maximum Gasteiger partial charge on any atom is 0.00660 e. The van der Waals surface area contributed by atoms with E-state index in [1.807, 2.05) is 0 Å². The standard InChI is InChI=1S/C7H13Br/c1-3-7(2)5-4-6-8/h5H,3-4,6H2,1-2H3. The van der Waals surface area contributed by atoms with Crippen LogP contribution in [0.15, 0.2) is 11.6 Å². The lowest BCUT2D eigenvalue weighted by atomic mass is 10.2. The molecule has 0 aromatic carbocycles. The van der Waals surface area contributed by atoms with Crippen molar-refractivity contribution in [3.05, 3.63) is 11.6 Å². The topological polar surface area (TPSA) is 0 Å². The Hall–Kier alpha value is 0.220. The van der Waals surface area contributed by atoms with Crippen molar-refractivity contribution >= 4 is 15.9 Å². The minimum Gasteiger partial charge on any atom is -0.0925 e. The van der Waals surface area contributed by atoms with E-state index in [0.717, 1.165) is 5.33 Å². The molecule has 0 aliphatic carbocycles. The van der Waals surface area contributed by atoms with E-state index in [1.165, 1.54) is 18.4 Å². The van der Waals surface area contributed by atoms with Crippen molar-refractivity contribution < 1.29 is 0 Å². The third-order valence-corrected chi connectivity index (χ3v) is 1.62. The zero-order chi connectivity index (χ0) is 6.41. The van der Waals surface area contributed by atoms with Gasteiger partial charge in [-0.25, -0.2) is 0 Å². The van der Waals surface area contributed by atoms with E-state index >= 15 is 0 Å². The molecule has 0 saturated heterocycles. The van der Waals surface area contributed by atoms with E-state index in [9.17, 15) is 0 Å². The molecule has 8 heavy (non-hydrogen) atoms. The maximum atomic E-state index is 3.36. The van der Waals surface area contributed by atoms with Gasteiger partial charge in [0.1, 0.15) is 0 Å². The maximum absolute atomic E-state index is 3.36. The Kier molecular flexibility index (Phi) is 5.51. The van der Waals surface area contributed by atoms with Crippen molar-refractivity contribution in [3.8, 4) is 0 Å². The average molecular weight is 177 g/mol. The predicted octanol–water partition coefficient (Wildman–Crippen LogP) is 3.13. The van der Waals surface area contributed by atoms with Crippen LogP contribution in [-0.2, 0) is 0 Å². The Morgan fingerprint density at radius 2 is 2.25 bits per heavy atom. The normalized spacial score (nSPS) is 12.1. The lowest BCUT2D eigenvalue weighted by molar-refractivity contribution is 1.06. The largest absolute Gasteiger partial charge is 0.0925 e. The van der Waals surface area contributed by atoms with E-state index in [2.05, 4.69) is 35.9 Å². The van der Waals surface area contributed by atoms with Crippen LogP contribution in [0.25, 0.3) is 0 Å². The van der Waals surface area contributed by atoms with Gasteiger partial charge >= 0.3 is 0 Å². The molecular weight excluding hydrogens is 164 g/mol. The van der Waals surface area contributed by atoms with Crippen molar-refractivity contribution in [3.63, 3.8) is 0 Å². The summed E-state index contributed by atoms with van der Waals surface area (Å²) in [6, 6.07) is 0. The van der Waals surface area contributed by atoms with Crippen LogP contribution in [0.3, 0.4) is 0 Å². The Morgan fingerprint density at radius 1 is 1.62 bits per heavy atom. The summed E-state index contributed by atoms with van der Waals surface area (Å²) in [6.45, 7) is 4.35. The number of alkyl halides is 1. The molecule has 0 aromatic heterocycles. The highest BCUT2D eigenvalue weighted by molar-refractivity contribution is 9.09. The predicted molar refractivity (Wildman–Crippen MR) is 42.5 cm³/mol. The number of rotatable bonds is 3. The number of halogens is 1. The molecule has 0 amide bonds. The molecule has 0 aromatic rings. The van der Waals surface area contributed by atoms with Gasteiger partial charge in [-0.2, -0.15) is 0 Å². The Morgan fingerprint density at radius 3 is 2.62 bits per heavy atom. The van der Waals surface area contributed by atoms with Gasteiger partial charge in [0.15, 0.2) is 0 Å². The summed E-state index contributed by atoms with van der Waals surface area (Å²) in [5, 5.41) is 1.09. The minimum absolute atomic E-state index is 1.09. The molecule has 48 valence electrons. The first-order valence-electron chi connectivity index (χ1n) is 3.02. The van der Waals surface area contributed by atoms with Crippen molar-refractivity contribution in [2.24, 2.45) is 0 Å². The fourth-order valence-corrected chi connectivity index (χ4v) is 0.674. The molecule has 0 aliphatic rings. The number of allylic oxidation sites excluding steroid dienone is 2. The second-order valence-corrected chi connectivity index (χ2v) is 2.67. The smallest absolute Gasteiger partial charge is 0.00660 e. The molecule has 0 bridgehead atoms. The zero-order valence-electron chi connectivity index (χ0n) is 5.58. The van der Waals surface area contributed by atoms with Gasteiger partial charge in [0, 0.05) is 5.33 Å². The van der Waals surface area contributed by atoms with Gasteiger partial charge in [-0.3, -0.25) is 0 Å². The van der Waals surface area contributed by atoms with Gasteiger partial charge in [-0.05, 0) is 19.8 Å². The number of hydrogen-bond acceptors (Lipinski definition) is 0. The first-order valence-corrected chi connectivity index (χ1v) is 4.15. The second kappa shape index (κ2) is 5.36. The van der Waals surface area contributed by atoms with Gasteiger partial charge in [0.2, 0.25) is 0 Å². The Bertz CT molecular complexity index is 74.5. The molecule has 0 atom stereocenters. The second-order valence-electron chi connectivity index (χ2n) is 1.88. The molecular formula is C7H13Br. The van der Waals surface area contributed by atoms with Gasteiger partial charge in [0.05, 0.1) is 0 Å². The fourth-order valence-electron chi connectivity index (χ4n) is 0.445. The first kappa shape index (κ1) is 8.22. The van der Waals surface area contributed by atoms with Crippen molar-refractivity contribution in [2.75, 3.05) is 5.33 Å². The van der Waals surface area contributed by atoms with Crippen LogP contribution >= 0.6 is 15.9 Å². The van der Waals surface area contributed by atoms with Crippen LogP contribution < -0.4 is 0 Å². The van der Waals surface area contributed by atoms with E-state index in [-0.39, 0.29) is 0 Å². The SMILES string of the molecule is CCC(C)=CCCBr. The summed E-state index contributed by atoms with van der Waals surface area (Å²) in [7, 11) is 0. The highest BCUT2D eigenvalue weighted by atomic mass is 79.9. The summed E-state index contributed by atoms with van der Waals surface area (Å²) in [6.07, 6.45) is 4.63. The van der Waals surface area contributed by atoms with Crippen LogP contribution in [-0.4, -0.2) is 5.33 Å². The monoisotopic (exact) mass is 176 g/mol. The molecule has 0 radical (unpaired) electrons. The van der Waals surface area contributed by atoms with Crippen LogP contribution in [0.2, 0.25) is 0 Å². The van der Waals surface area contributed by atoms with Crippen LogP contribution in [0, 0.1) is 0 Å². The molecule has 0 fully saturated rings. The molecule has 0 aliphatic heterocycles. The molecule has 0 N–H and O–H groups in total. The van der Waals surface area contributed by atoms with Crippen molar-refractivity contribution in [1.29, 1.82) is 0 Å². The quantitative estimate of drug-likeness (QED) is 0.459. The van der Waals surface area contributed by atoms with Gasteiger partial charge in [-0.15, -0.1) is 0 Å². The Balaban J connectivity index is 3.26. The minimum atomic E-state index is 1.09. The Labute approximate surface area is 60.1 Å². The summed E-state index contributed by atoms with van der Waals surface area (Å²) in [5.41, 5.74) is 1.49. The van der Waals surface area contributed by atoms with Crippen molar-refractivity contribution in [1.82, 2.24) is 0 Å². The van der Waals surface area contributed by atoms with E-state index in [4.69, 9.17) is 0 Å². The summed E-state index contributed by atoms with van der Waals surface area (Å²) < 4.78 is 0. The van der Waals surface area contributed by atoms with Crippen LogP contribution in [0.1, 0.15) is 26.7 Å². The molecule has 0 nitrogen and oxygen atoms in total. The highest BCUT2D eigenvalue weighted by Gasteiger charge is 1.80. The van der Waals surface area contributed by atoms with Crippen LogP contribution in [0.5, 0.6) is 0 Å². The van der Waals surface area contributed by atoms with E-state index in [1.54, 1.807) is 0 Å². The van der Waals surface area contributed by atoms with Gasteiger partial charge in [0.25, 0.3) is 0 Å². The lowest BCUT2D eigenvalue weighted by Crippen LogP contribution is -1.72. The molecule has 0 saturated carbocycles. The molecule has 0 unspecified atom stereocenters. The average Bonchev–Trinajstić information content (AvgIpc) is 1.83. The summed E-state index contributed by atoms with van der Waals surface area (Å²) in [5.74, 6) is 0. The fraction of sp³-hybridized carbons (Fsp3) is 0.714. The molecule has 0 spiro atoms. The van der Waals surface area contributed by atoms with Crippen molar-refractivity contribution in [2.45, 2.75) is 26.7 Å². The third-order valence-electron chi connectivity index (χ3n) is 1.16. The van der Waals surface area contributed by atoms with Gasteiger partial charge < -0.3 is 0 Å². The van der Waals surface area contributed by atoms with E-state index in [0.29, 0.717) is 0 Å². The zero-order valence-corrected chi connectivity index (χ0v) is 7.16. The summed E-state index contributed by atoms with van der Waals surface area (Å²) in [4.78, 5) is 0. The van der Waals surface area contributed by atoms with Crippen LogP contribution in [0.4, 0.5) is 0 Å². The summed E-state index contributed by atoms with van der Waals surface area (Å²) >= 11 is 3.36. The third kappa shape index (κ3) is 4.38. The number of hydrogen-bond donors (Lipinski definition) is 0. The molecule has 1 heteroatoms. The first-order chi connectivity index (χ1) is 3.81. The van der Waals surface area contributed by atoms with Gasteiger partial charge in [-0.1, -0.05) is 34.5 Å². The highest BCUT2D eigenvalue weighted by Crippen LogP contribution is 2.00. The molecule has 0 rings (SSSR count).